The fourth-order valence-corrected chi connectivity index (χ4v) is 11.5. The van der Waals surface area contributed by atoms with E-state index in [0.717, 1.165) is 80.6 Å². The van der Waals surface area contributed by atoms with Crippen LogP contribution >= 0.6 is 0 Å². The van der Waals surface area contributed by atoms with Gasteiger partial charge in [0.1, 0.15) is 17.2 Å². The number of hydrogen-bond acceptors (Lipinski definition) is 19. The lowest BCUT2D eigenvalue weighted by atomic mass is 9.95. The monoisotopic (exact) mass is 1530 g/mol. The third kappa shape index (κ3) is 24.8. The zero-order valence-corrected chi connectivity index (χ0v) is 62.4. The summed E-state index contributed by atoms with van der Waals surface area (Å²) < 4.78 is 118. The fraction of sp³-hybridized carbons (Fsp3) is 0.293. The number of anilines is 1. The van der Waals surface area contributed by atoms with Crippen LogP contribution in [0.4, 0.5) is 36.6 Å². The molecule has 0 spiro atoms. The minimum absolute atomic E-state index is 0. The van der Waals surface area contributed by atoms with Crippen LogP contribution < -0.4 is 44.8 Å². The van der Waals surface area contributed by atoms with Crippen molar-refractivity contribution in [3.05, 3.63) is 313 Å². The van der Waals surface area contributed by atoms with Crippen molar-refractivity contribution < 1.29 is 64.3 Å². The summed E-state index contributed by atoms with van der Waals surface area (Å²) in [6.45, 7) is 20.6. The Bertz CT molecular complexity index is 5370. The topological polar surface area (TPSA) is 380 Å². The van der Waals surface area contributed by atoms with Crippen LogP contribution in [0.2, 0.25) is 0 Å². The highest BCUT2D eigenvalue weighted by Gasteiger charge is 2.28. The molecule has 108 heavy (non-hydrogen) atoms. The minimum Gasteiger partial charge on any atom is -0.392 e. The molecule has 0 unspecified atom stereocenters. The van der Waals surface area contributed by atoms with Crippen LogP contribution in [0.5, 0.6) is 0 Å². The number of rotatable bonds is 18. The van der Waals surface area contributed by atoms with Crippen LogP contribution in [0.15, 0.2) is 132 Å². The summed E-state index contributed by atoms with van der Waals surface area (Å²) in [5.74, 6) is -8.53. The summed E-state index contributed by atoms with van der Waals surface area (Å²) in [6.07, 6.45) is 0.848. The molecule has 7 aromatic heterocycles. The number of nitrogens with two attached hydrogens (primary N) is 1. The fourth-order valence-electron chi connectivity index (χ4n) is 11.1. The van der Waals surface area contributed by atoms with Crippen LogP contribution in [-0.2, 0) is 40.6 Å². The number of halogens is 7. The predicted molar refractivity (Wildman–Crippen MR) is 393 cm³/mol. The molecule has 0 amide bonds. The summed E-state index contributed by atoms with van der Waals surface area (Å²) in [6, 6.07) is 24.5. The lowest BCUT2D eigenvalue weighted by Crippen LogP contribution is -2.38. The quantitative estimate of drug-likeness (QED) is 0.0182. The van der Waals surface area contributed by atoms with E-state index in [1.165, 1.54) is 17.7 Å². The first-order valence-corrected chi connectivity index (χ1v) is 34.7. The third-order valence-electron chi connectivity index (χ3n) is 15.2. The maximum absolute atomic E-state index is 13.9. The molecule has 8 N–H and O–H groups in total. The number of aliphatic hydroxyl groups is 1. The van der Waals surface area contributed by atoms with E-state index < -0.39 is 104 Å². The Balaban J connectivity index is 0.000000299. The predicted octanol–water partition coefficient (Wildman–Crippen LogP) is 9.90. The number of H-pyrrole nitrogens is 4. The summed E-state index contributed by atoms with van der Waals surface area (Å²) in [5.41, 5.74) is 8.47. The molecule has 0 radical (unpaired) electrons. The van der Waals surface area contributed by atoms with Gasteiger partial charge in [0.05, 0.1) is 38.3 Å². The Hall–Kier alpha value is -11.6. The number of aliphatic hydroxyl groups excluding tert-OH is 1. The molecule has 0 aliphatic carbocycles. The maximum Gasteiger partial charge on any atom is 0.329 e. The summed E-state index contributed by atoms with van der Waals surface area (Å²) in [7, 11) is -0.513. The van der Waals surface area contributed by atoms with E-state index in [1.54, 1.807) is 91.1 Å². The molecule has 0 saturated carbocycles. The van der Waals surface area contributed by atoms with Crippen molar-refractivity contribution in [1.29, 1.82) is 0 Å². The Morgan fingerprint density at radius 1 is 0.463 bits per heavy atom. The summed E-state index contributed by atoms with van der Waals surface area (Å²) >= 11 is 0. The normalized spacial score (nSPS) is 10.9. The molecule has 0 bridgehead atoms. The van der Waals surface area contributed by atoms with Gasteiger partial charge in [0.2, 0.25) is 59.0 Å². The third-order valence-corrected chi connectivity index (χ3v) is 15.7. The van der Waals surface area contributed by atoms with Crippen LogP contribution in [0.3, 0.4) is 0 Å². The van der Waals surface area contributed by atoms with Gasteiger partial charge >= 0.3 is 17.1 Å². The first-order valence-electron chi connectivity index (χ1n) is 32.9. The van der Waals surface area contributed by atoms with Crippen molar-refractivity contribution in [3.8, 4) is 0 Å². The van der Waals surface area contributed by atoms with E-state index in [2.05, 4.69) is 55.1 Å². The van der Waals surface area contributed by atoms with Crippen molar-refractivity contribution >= 4 is 33.3 Å². The lowest BCUT2D eigenvalue weighted by Gasteiger charge is -2.18. The van der Waals surface area contributed by atoms with Gasteiger partial charge < -0.3 is 21.1 Å². The van der Waals surface area contributed by atoms with Crippen molar-refractivity contribution in [2.75, 3.05) is 25.7 Å². The highest BCUT2D eigenvalue weighted by molar-refractivity contribution is 7.85. The van der Waals surface area contributed by atoms with Crippen molar-refractivity contribution in [2.24, 2.45) is 5.73 Å². The van der Waals surface area contributed by atoms with Crippen LogP contribution in [-0.4, -0.2) is 100 Å². The zero-order chi connectivity index (χ0) is 81.1. The van der Waals surface area contributed by atoms with E-state index in [4.69, 9.17) is 5.11 Å². The Kier molecular flexibility index (Phi) is 31.2. The van der Waals surface area contributed by atoms with Gasteiger partial charge in [-0.2, -0.15) is 54.1 Å². The van der Waals surface area contributed by atoms with Gasteiger partial charge in [-0.15, -0.1) is 0 Å². The first-order chi connectivity index (χ1) is 50.5. The average Bonchev–Trinajstić information content (AvgIpc) is 0.778. The minimum atomic E-state index is -3.61. The van der Waals surface area contributed by atoms with Crippen LogP contribution in [0.25, 0.3) is 0 Å². The Morgan fingerprint density at radius 3 is 1.09 bits per heavy atom. The van der Waals surface area contributed by atoms with Gasteiger partial charge in [-0.1, -0.05) is 93.1 Å². The highest BCUT2D eigenvalue weighted by atomic mass is 32.2. The Morgan fingerprint density at radius 2 is 0.769 bits per heavy atom. The zero-order valence-electron chi connectivity index (χ0n) is 61.5. The number of nitrogens with one attached hydrogen (secondary N) is 5. The standard InChI is InChI=1S/C23H25FN4O3.C22H21F2N3O3.C16H18N2O3.C7H7F2NO3S.C6H5F2NO.CH5N.H2/c1-12(2)19-20(21(29)16-7-13(3)6-14(4)8-16)28(23(31)27-22(19)30)11-15-9-17(24)26-18(10-15)25-5;1-11(2)18-19(20(28)15-6-12(3)5-13(4)7-15)27(22(30)26-21(18)29)10-14-8-16(23)25-17(24)9-14;1-8(2)12-13(17-16(21)18-15(12)20)14(19)11-6-9(3)5-10(4)7-11;1-14(11,12)13-4-5-2-6(8)10-7(9)3-5;7-5-1-4(3-10)2-6(8)9-5;1-2;/h6-10,12H,11H2,1-5H3,(H,25,26)(H,27,30,31);5-9,11H,10H2,1-4H3,(H,26,29,30);5-8H,1-4H3,(H2,17,18,20,21);2-3H,4H2,1H3;1-2,10H,3H2;2H2,1H3;1H/i;;;;;;1+1. The summed E-state index contributed by atoms with van der Waals surface area (Å²) in [4.78, 5) is 135. The molecule has 3 aromatic carbocycles. The molecule has 10 aromatic rings. The molecular formula is C75H83F7N12O13S. The highest BCUT2D eigenvalue weighted by Crippen LogP contribution is 2.25. The van der Waals surface area contributed by atoms with E-state index in [1.807, 2.05) is 59.7 Å². The smallest absolute Gasteiger partial charge is 0.329 e. The molecular weight excluding hydrogens is 1440 g/mol. The lowest BCUT2D eigenvalue weighted by molar-refractivity contribution is 0.101. The second-order valence-corrected chi connectivity index (χ2v) is 27.1. The number of hydrogen-bond donors (Lipinski definition) is 7. The number of pyridine rings is 4. The maximum atomic E-state index is 13.9. The van der Waals surface area contributed by atoms with E-state index in [-0.39, 0.29) is 89.6 Å². The number of benzene rings is 3. The molecule has 0 saturated heterocycles. The molecule has 33 heteroatoms. The first kappa shape index (κ1) is 87.1. The van der Waals surface area contributed by atoms with Crippen molar-refractivity contribution in [1.82, 2.24) is 49.0 Å². The van der Waals surface area contributed by atoms with Crippen molar-refractivity contribution in [2.45, 2.75) is 127 Å². The number of aromatic nitrogens is 10. The van der Waals surface area contributed by atoms with Gasteiger partial charge in [0.25, 0.3) is 26.8 Å². The number of nitrogens with zero attached hydrogens (tertiary/aromatic N) is 6. The number of aryl methyl sites for hydroxylation is 6. The van der Waals surface area contributed by atoms with Gasteiger partial charge in [-0.05, 0) is 174 Å². The van der Waals surface area contributed by atoms with E-state index in [9.17, 15) is 82.3 Å². The molecule has 7 heterocycles. The average molecular weight is 1530 g/mol. The molecule has 0 fully saturated rings. The number of aromatic amines is 4. The van der Waals surface area contributed by atoms with Gasteiger partial charge in [-0.3, -0.25) is 57.0 Å². The Labute approximate surface area is 615 Å². The van der Waals surface area contributed by atoms with Gasteiger partial charge in [-0.25, -0.2) is 19.4 Å². The molecule has 25 nitrogen and oxygen atoms in total. The van der Waals surface area contributed by atoms with E-state index >= 15 is 0 Å². The molecule has 0 aliphatic heterocycles. The largest absolute Gasteiger partial charge is 0.392 e. The second-order valence-electron chi connectivity index (χ2n) is 25.4. The number of carbonyl (C=O) groups excluding carboxylic acids is 3. The molecule has 0 atom stereocenters. The molecule has 0 aliphatic rings. The second kappa shape index (κ2) is 38.6. The van der Waals surface area contributed by atoms with Gasteiger partial charge in [0.15, 0.2) is 0 Å². The van der Waals surface area contributed by atoms with Crippen LogP contribution in [0, 0.1) is 83.2 Å². The van der Waals surface area contributed by atoms with Crippen molar-refractivity contribution in [3.63, 3.8) is 0 Å². The SMILES string of the molecule is CN.CNc1cc(Cn2c(C(=O)c3cc(C)cc(C)c3)c(C(C)C)c(=O)[nH]c2=O)cc(F)n1.CS(=O)(=O)OCc1cc(F)nc(F)c1.Cc1cc(C)cc(C(=O)c2[nH]c(=O)[nH]c(=O)c2C(C)C)c1.Cc1cc(C)cc(C(=O)c2c(C(C)C)c(=O)[nH]c(=O)n2Cc2cc(F)nc(F)c2)c1.OCc1cc(F)nc(F)c1.[2HH]. The van der Waals surface area contributed by atoms with E-state index in [0.29, 0.717) is 33.6 Å². The molecule has 576 valence electrons. The summed E-state index contributed by atoms with van der Waals surface area (Å²) in [5, 5.41) is 11.2. The van der Waals surface area contributed by atoms with Crippen LogP contribution in [0.1, 0.15) is 181 Å². The number of ketones is 3. The molecule has 10 rings (SSSR count). The van der Waals surface area contributed by atoms with Gasteiger partial charge in [0, 0.05) is 41.9 Å². The number of carbonyl (C=O) groups is 3.